The van der Waals surface area contributed by atoms with Crippen LogP contribution in [0, 0.1) is 0 Å². The second-order valence-electron chi connectivity index (χ2n) is 4.38. The number of benzene rings is 3. The summed E-state index contributed by atoms with van der Waals surface area (Å²) in [6.07, 6.45) is 2.88. The first-order valence-corrected chi connectivity index (χ1v) is 6.34. The Morgan fingerprint density at radius 1 is 0.700 bits per heavy atom. The van der Waals surface area contributed by atoms with Crippen LogP contribution in [0.4, 0.5) is 0 Å². The molecule has 0 N–H and O–H groups in total. The molecule has 2 heteroatoms. The summed E-state index contributed by atoms with van der Waals surface area (Å²) in [5.74, 6) is 1.60. The molecule has 3 aromatic carbocycles. The highest BCUT2D eigenvalue weighted by molar-refractivity contribution is 6.03. The van der Waals surface area contributed by atoms with Gasteiger partial charge in [0.2, 0.25) is 0 Å². The third-order valence-corrected chi connectivity index (χ3v) is 3.22. The van der Waals surface area contributed by atoms with Crippen molar-refractivity contribution in [2.45, 2.75) is 0 Å². The highest BCUT2D eigenvalue weighted by Gasteiger charge is 2.06. The van der Waals surface area contributed by atoms with Gasteiger partial charge in [0.05, 0.1) is 12.5 Å². The van der Waals surface area contributed by atoms with Crippen LogP contribution in [0.1, 0.15) is 0 Å². The van der Waals surface area contributed by atoms with Crippen molar-refractivity contribution in [2.24, 2.45) is 0 Å². The molecule has 0 saturated carbocycles. The van der Waals surface area contributed by atoms with Gasteiger partial charge in [-0.2, -0.15) is 0 Å². The summed E-state index contributed by atoms with van der Waals surface area (Å²) in [7, 11) is 0. The van der Waals surface area contributed by atoms with E-state index in [9.17, 15) is 0 Å². The SMILES string of the molecule is C=COc1cccc2cc3c(OC=C)cccc3cc12. The van der Waals surface area contributed by atoms with Crippen LogP contribution in [0.15, 0.2) is 74.2 Å². The predicted octanol–water partition coefficient (Wildman–Crippen LogP) is 5.04. The zero-order chi connectivity index (χ0) is 13.9. The Hall–Kier alpha value is -2.74. The molecule has 0 aliphatic rings. The minimum Gasteiger partial charge on any atom is -0.465 e. The zero-order valence-electron chi connectivity index (χ0n) is 11.0. The standard InChI is InChI=1S/C18H14O2/c1-3-19-17-9-5-7-13-12-16-14(11-15(13)17)8-6-10-18(16)20-4-2/h3-12H,1-2H2. The largest absolute Gasteiger partial charge is 0.465 e. The lowest BCUT2D eigenvalue weighted by atomic mass is 10.0. The molecule has 0 atom stereocenters. The molecule has 0 heterocycles. The summed E-state index contributed by atoms with van der Waals surface area (Å²) in [5, 5.41) is 4.29. The number of fused-ring (bicyclic) bond motifs is 2. The highest BCUT2D eigenvalue weighted by Crippen LogP contribution is 2.34. The van der Waals surface area contributed by atoms with Crippen LogP contribution in [-0.2, 0) is 0 Å². The first-order valence-electron chi connectivity index (χ1n) is 6.34. The van der Waals surface area contributed by atoms with Gasteiger partial charge in [0.25, 0.3) is 0 Å². The van der Waals surface area contributed by atoms with E-state index in [1.54, 1.807) is 0 Å². The summed E-state index contributed by atoms with van der Waals surface area (Å²) in [6.45, 7) is 7.22. The molecule has 0 aliphatic heterocycles. The summed E-state index contributed by atoms with van der Waals surface area (Å²) in [5.41, 5.74) is 0. The van der Waals surface area contributed by atoms with E-state index in [0.717, 1.165) is 33.0 Å². The first-order chi connectivity index (χ1) is 9.83. The second kappa shape index (κ2) is 5.10. The van der Waals surface area contributed by atoms with Crippen LogP contribution < -0.4 is 9.47 Å². The van der Waals surface area contributed by atoms with E-state index in [1.165, 1.54) is 12.5 Å². The van der Waals surface area contributed by atoms with Crippen LogP contribution in [-0.4, -0.2) is 0 Å². The third kappa shape index (κ3) is 2.01. The van der Waals surface area contributed by atoms with Gasteiger partial charge in [0.15, 0.2) is 0 Å². The zero-order valence-corrected chi connectivity index (χ0v) is 11.0. The maximum atomic E-state index is 5.46. The van der Waals surface area contributed by atoms with Crippen LogP contribution in [0.3, 0.4) is 0 Å². The van der Waals surface area contributed by atoms with Crippen molar-refractivity contribution in [3.05, 3.63) is 74.2 Å². The van der Waals surface area contributed by atoms with Crippen LogP contribution in [0.25, 0.3) is 21.5 Å². The van der Waals surface area contributed by atoms with Crippen molar-refractivity contribution in [3.63, 3.8) is 0 Å². The average molecular weight is 262 g/mol. The van der Waals surface area contributed by atoms with Gasteiger partial charge >= 0.3 is 0 Å². The third-order valence-electron chi connectivity index (χ3n) is 3.22. The molecule has 3 aromatic rings. The van der Waals surface area contributed by atoms with Crippen molar-refractivity contribution < 1.29 is 9.47 Å². The molecule has 2 nitrogen and oxygen atoms in total. The normalized spacial score (nSPS) is 10.4. The molecule has 20 heavy (non-hydrogen) atoms. The van der Waals surface area contributed by atoms with Gasteiger partial charge in [-0.1, -0.05) is 37.4 Å². The summed E-state index contributed by atoms with van der Waals surface area (Å²) in [4.78, 5) is 0. The lowest BCUT2D eigenvalue weighted by Crippen LogP contribution is -1.86. The van der Waals surface area contributed by atoms with Gasteiger partial charge < -0.3 is 9.47 Å². The van der Waals surface area contributed by atoms with Gasteiger partial charge in [-0.15, -0.1) is 0 Å². The molecule has 0 amide bonds. The lowest BCUT2D eigenvalue weighted by Gasteiger charge is -2.09. The first kappa shape index (κ1) is 12.3. The van der Waals surface area contributed by atoms with Crippen molar-refractivity contribution in [1.29, 1.82) is 0 Å². The molecule has 0 spiro atoms. The van der Waals surface area contributed by atoms with Gasteiger partial charge in [-0.05, 0) is 35.0 Å². The predicted molar refractivity (Wildman–Crippen MR) is 83.1 cm³/mol. The van der Waals surface area contributed by atoms with Crippen molar-refractivity contribution >= 4 is 21.5 Å². The number of ether oxygens (including phenoxy) is 2. The molecular formula is C18H14O2. The van der Waals surface area contributed by atoms with E-state index in [4.69, 9.17) is 9.47 Å². The number of rotatable bonds is 4. The minimum atomic E-state index is 0.800. The Morgan fingerprint density at radius 3 is 1.55 bits per heavy atom. The topological polar surface area (TPSA) is 18.5 Å². The van der Waals surface area contributed by atoms with Crippen molar-refractivity contribution in [2.75, 3.05) is 0 Å². The van der Waals surface area contributed by atoms with Gasteiger partial charge in [0, 0.05) is 10.8 Å². The molecule has 3 rings (SSSR count). The molecule has 0 radical (unpaired) electrons. The molecule has 0 aromatic heterocycles. The molecule has 0 unspecified atom stereocenters. The fraction of sp³-hybridized carbons (Fsp3) is 0. The van der Waals surface area contributed by atoms with E-state index in [1.807, 2.05) is 24.3 Å². The van der Waals surface area contributed by atoms with Crippen LogP contribution in [0.2, 0.25) is 0 Å². The van der Waals surface area contributed by atoms with E-state index >= 15 is 0 Å². The van der Waals surface area contributed by atoms with E-state index in [0.29, 0.717) is 0 Å². The Balaban J connectivity index is 2.33. The molecular weight excluding hydrogens is 248 g/mol. The monoisotopic (exact) mass is 262 g/mol. The van der Waals surface area contributed by atoms with Gasteiger partial charge in [0.1, 0.15) is 11.5 Å². The molecule has 0 aliphatic carbocycles. The Bertz CT molecular complexity index is 733. The maximum absolute atomic E-state index is 5.46. The van der Waals surface area contributed by atoms with Gasteiger partial charge in [-0.25, -0.2) is 0 Å². The lowest BCUT2D eigenvalue weighted by molar-refractivity contribution is 0.488. The van der Waals surface area contributed by atoms with Gasteiger partial charge in [-0.3, -0.25) is 0 Å². The highest BCUT2D eigenvalue weighted by atomic mass is 16.5. The van der Waals surface area contributed by atoms with E-state index in [2.05, 4.69) is 37.4 Å². The Morgan fingerprint density at radius 2 is 1.15 bits per heavy atom. The maximum Gasteiger partial charge on any atom is 0.134 e. The molecule has 98 valence electrons. The number of hydrogen-bond donors (Lipinski definition) is 0. The smallest absolute Gasteiger partial charge is 0.134 e. The fourth-order valence-corrected chi connectivity index (χ4v) is 2.38. The van der Waals surface area contributed by atoms with Crippen LogP contribution >= 0.6 is 0 Å². The van der Waals surface area contributed by atoms with E-state index in [-0.39, 0.29) is 0 Å². The average Bonchev–Trinajstić information content (AvgIpc) is 2.47. The van der Waals surface area contributed by atoms with E-state index < -0.39 is 0 Å². The quantitative estimate of drug-likeness (QED) is 0.484. The number of hydrogen-bond acceptors (Lipinski definition) is 2. The summed E-state index contributed by atoms with van der Waals surface area (Å²) < 4.78 is 10.9. The second-order valence-corrected chi connectivity index (χ2v) is 4.38. The van der Waals surface area contributed by atoms with Crippen molar-refractivity contribution in [1.82, 2.24) is 0 Å². The summed E-state index contributed by atoms with van der Waals surface area (Å²) in [6, 6.07) is 16.1. The Labute approximate surface area is 117 Å². The molecule has 0 bridgehead atoms. The molecule has 0 saturated heterocycles. The van der Waals surface area contributed by atoms with Crippen molar-refractivity contribution in [3.8, 4) is 11.5 Å². The molecule has 0 fully saturated rings. The summed E-state index contributed by atoms with van der Waals surface area (Å²) >= 11 is 0. The minimum absolute atomic E-state index is 0.800. The van der Waals surface area contributed by atoms with Crippen LogP contribution in [0.5, 0.6) is 11.5 Å². The Kier molecular flexibility index (Phi) is 3.13. The fourth-order valence-electron chi connectivity index (χ4n) is 2.38.